The van der Waals surface area contributed by atoms with E-state index in [1.54, 1.807) is 20.8 Å². The summed E-state index contributed by atoms with van der Waals surface area (Å²) >= 11 is 0. The van der Waals surface area contributed by atoms with Gasteiger partial charge in [0.2, 0.25) is 0 Å². The van der Waals surface area contributed by atoms with Gasteiger partial charge in [0, 0.05) is 6.04 Å². The van der Waals surface area contributed by atoms with Crippen molar-refractivity contribution >= 4 is 12.0 Å². The van der Waals surface area contributed by atoms with E-state index in [2.05, 4.69) is 24.5 Å². The molecule has 5 heteroatoms. The molecular formula is C14H28N2O3. The molecule has 2 atom stereocenters. The molecule has 0 spiro atoms. The van der Waals surface area contributed by atoms with Gasteiger partial charge in [0.15, 0.2) is 0 Å². The van der Waals surface area contributed by atoms with Crippen molar-refractivity contribution in [2.24, 2.45) is 11.3 Å². The number of carbonyl (C=O) groups excluding carboxylic acids is 1. The fourth-order valence-electron chi connectivity index (χ4n) is 2.14. The van der Waals surface area contributed by atoms with Gasteiger partial charge in [-0.05, 0) is 18.3 Å². The van der Waals surface area contributed by atoms with Crippen LogP contribution < -0.4 is 10.6 Å². The van der Waals surface area contributed by atoms with Gasteiger partial charge in [-0.25, -0.2) is 9.59 Å². The summed E-state index contributed by atoms with van der Waals surface area (Å²) in [6.45, 7) is 11.5. The maximum absolute atomic E-state index is 11.9. The fraction of sp³-hybridized carbons (Fsp3) is 0.857. The summed E-state index contributed by atoms with van der Waals surface area (Å²) in [6.07, 6.45) is 1.97. The lowest BCUT2D eigenvalue weighted by molar-refractivity contribution is -0.141. The molecule has 5 nitrogen and oxygen atoms in total. The molecule has 0 aliphatic rings. The lowest BCUT2D eigenvalue weighted by atomic mass is 9.87. The van der Waals surface area contributed by atoms with Crippen molar-refractivity contribution in [1.82, 2.24) is 10.6 Å². The minimum atomic E-state index is -1.02. The van der Waals surface area contributed by atoms with Gasteiger partial charge in [-0.2, -0.15) is 0 Å². The van der Waals surface area contributed by atoms with Gasteiger partial charge in [0.25, 0.3) is 0 Å². The van der Waals surface area contributed by atoms with E-state index in [1.807, 2.05) is 6.92 Å². The van der Waals surface area contributed by atoms with Crippen LogP contribution in [0.5, 0.6) is 0 Å². The number of carbonyl (C=O) groups is 2. The Bertz CT molecular complexity index is 306. The molecule has 0 rings (SSSR count). The van der Waals surface area contributed by atoms with E-state index in [1.165, 1.54) is 0 Å². The lowest BCUT2D eigenvalue weighted by Crippen LogP contribution is -2.54. The maximum atomic E-state index is 11.9. The second-order valence-corrected chi connectivity index (χ2v) is 6.12. The zero-order valence-corrected chi connectivity index (χ0v) is 12.9. The molecule has 0 fully saturated rings. The standard InChI is InChI=1S/C14H28N2O3/c1-7-10(8-2)9(3)15-13(19)16-11(12(17)18)14(4,5)6/h9-11H,7-8H2,1-6H3,(H,17,18)(H2,15,16,19)/t9?,11-/m1/s1. The average molecular weight is 272 g/mol. The van der Waals surface area contributed by atoms with Crippen molar-refractivity contribution in [1.29, 1.82) is 0 Å². The van der Waals surface area contributed by atoms with Crippen LogP contribution in [0.25, 0.3) is 0 Å². The highest BCUT2D eigenvalue weighted by Gasteiger charge is 2.33. The Morgan fingerprint density at radius 1 is 1.11 bits per heavy atom. The molecule has 0 saturated heterocycles. The van der Waals surface area contributed by atoms with Crippen LogP contribution in [-0.2, 0) is 4.79 Å². The highest BCUT2D eigenvalue weighted by molar-refractivity contribution is 5.83. The quantitative estimate of drug-likeness (QED) is 0.695. The van der Waals surface area contributed by atoms with Gasteiger partial charge in [0.05, 0.1) is 0 Å². The Morgan fingerprint density at radius 3 is 1.89 bits per heavy atom. The summed E-state index contributed by atoms with van der Waals surface area (Å²) in [5.41, 5.74) is -0.526. The van der Waals surface area contributed by atoms with Crippen LogP contribution in [0.15, 0.2) is 0 Å². The van der Waals surface area contributed by atoms with Gasteiger partial charge in [-0.3, -0.25) is 0 Å². The first-order valence-corrected chi connectivity index (χ1v) is 6.93. The van der Waals surface area contributed by atoms with Gasteiger partial charge in [-0.15, -0.1) is 0 Å². The molecule has 2 amide bonds. The molecular weight excluding hydrogens is 244 g/mol. The second-order valence-electron chi connectivity index (χ2n) is 6.12. The zero-order valence-electron chi connectivity index (χ0n) is 12.9. The van der Waals surface area contributed by atoms with Crippen LogP contribution in [0.2, 0.25) is 0 Å². The lowest BCUT2D eigenvalue weighted by Gasteiger charge is -2.29. The summed E-state index contributed by atoms with van der Waals surface area (Å²) in [5.74, 6) is -0.610. The van der Waals surface area contributed by atoms with Crippen molar-refractivity contribution in [3.05, 3.63) is 0 Å². The molecule has 0 aromatic rings. The summed E-state index contributed by atoms with van der Waals surface area (Å²) in [7, 11) is 0. The Hall–Kier alpha value is -1.26. The highest BCUT2D eigenvalue weighted by Crippen LogP contribution is 2.19. The molecule has 0 bridgehead atoms. The largest absolute Gasteiger partial charge is 0.480 e. The number of carboxylic acid groups (broad SMARTS) is 1. The third-order valence-corrected chi connectivity index (χ3v) is 3.50. The Kier molecular flexibility index (Phi) is 6.87. The minimum absolute atomic E-state index is 0.0319. The van der Waals surface area contributed by atoms with Crippen molar-refractivity contribution in [3.8, 4) is 0 Å². The van der Waals surface area contributed by atoms with E-state index in [-0.39, 0.29) is 6.04 Å². The third kappa shape index (κ3) is 5.94. The molecule has 19 heavy (non-hydrogen) atoms. The molecule has 3 N–H and O–H groups in total. The topological polar surface area (TPSA) is 78.4 Å². The van der Waals surface area contributed by atoms with Crippen molar-refractivity contribution in [2.45, 2.75) is 66.5 Å². The first kappa shape index (κ1) is 17.7. The summed E-state index contributed by atoms with van der Waals surface area (Å²) in [6, 6.07) is -1.28. The van der Waals surface area contributed by atoms with E-state index in [4.69, 9.17) is 5.11 Å². The van der Waals surface area contributed by atoms with Gasteiger partial charge >= 0.3 is 12.0 Å². The highest BCUT2D eigenvalue weighted by atomic mass is 16.4. The zero-order chi connectivity index (χ0) is 15.2. The smallest absolute Gasteiger partial charge is 0.326 e. The molecule has 112 valence electrons. The normalized spacial score (nSPS) is 14.9. The van der Waals surface area contributed by atoms with Crippen LogP contribution in [0.1, 0.15) is 54.4 Å². The number of hydrogen-bond donors (Lipinski definition) is 3. The van der Waals surface area contributed by atoms with Gasteiger partial charge < -0.3 is 15.7 Å². The monoisotopic (exact) mass is 272 g/mol. The van der Waals surface area contributed by atoms with Crippen LogP contribution in [0.4, 0.5) is 4.79 Å². The third-order valence-electron chi connectivity index (χ3n) is 3.50. The maximum Gasteiger partial charge on any atom is 0.326 e. The Morgan fingerprint density at radius 2 is 1.58 bits per heavy atom. The Labute approximate surface area is 116 Å². The second kappa shape index (κ2) is 7.36. The fourth-order valence-corrected chi connectivity index (χ4v) is 2.14. The average Bonchev–Trinajstić information content (AvgIpc) is 2.25. The van der Waals surface area contributed by atoms with Gasteiger partial charge in [-0.1, -0.05) is 47.5 Å². The predicted octanol–water partition coefficient (Wildman–Crippen LogP) is 2.61. The van der Waals surface area contributed by atoms with Crippen LogP contribution >= 0.6 is 0 Å². The van der Waals surface area contributed by atoms with Crippen LogP contribution in [-0.4, -0.2) is 29.2 Å². The van der Waals surface area contributed by atoms with E-state index < -0.39 is 23.5 Å². The number of nitrogens with one attached hydrogen (secondary N) is 2. The minimum Gasteiger partial charge on any atom is -0.480 e. The first-order valence-electron chi connectivity index (χ1n) is 6.93. The molecule has 0 aliphatic heterocycles. The van der Waals surface area contributed by atoms with E-state index in [9.17, 15) is 9.59 Å². The number of carboxylic acids is 1. The number of urea groups is 1. The molecule has 0 saturated carbocycles. The summed E-state index contributed by atoms with van der Waals surface area (Å²) < 4.78 is 0. The van der Waals surface area contributed by atoms with Gasteiger partial charge in [0.1, 0.15) is 6.04 Å². The first-order chi connectivity index (χ1) is 8.63. The van der Waals surface area contributed by atoms with E-state index >= 15 is 0 Å². The molecule has 1 unspecified atom stereocenters. The number of hydrogen-bond acceptors (Lipinski definition) is 2. The summed E-state index contributed by atoms with van der Waals surface area (Å²) in [4.78, 5) is 23.0. The van der Waals surface area contributed by atoms with E-state index in [0.29, 0.717) is 5.92 Å². The predicted molar refractivity (Wildman–Crippen MR) is 76.1 cm³/mol. The molecule has 0 radical (unpaired) electrons. The van der Waals surface area contributed by atoms with E-state index in [0.717, 1.165) is 12.8 Å². The van der Waals surface area contributed by atoms with Crippen molar-refractivity contribution in [3.63, 3.8) is 0 Å². The molecule has 0 aromatic heterocycles. The van der Waals surface area contributed by atoms with Crippen molar-refractivity contribution in [2.75, 3.05) is 0 Å². The van der Waals surface area contributed by atoms with Crippen LogP contribution in [0, 0.1) is 11.3 Å². The molecule has 0 heterocycles. The summed E-state index contributed by atoms with van der Waals surface area (Å²) in [5, 5.41) is 14.5. The number of amides is 2. The Balaban J connectivity index is 4.56. The molecule has 0 aromatic carbocycles. The number of rotatable bonds is 6. The SMILES string of the molecule is CCC(CC)C(C)NC(=O)N[C@H](C(=O)O)C(C)(C)C. The number of aliphatic carboxylic acids is 1. The van der Waals surface area contributed by atoms with Crippen LogP contribution in [0.3, 0.4) is 0 Å². The molecule has 0 aliphatic carbocycles. The van der Waals surface area contributed by atoms with Crippen molar-refractivity contribution < 1.29 is 14.7 Å².